The summed E-state index contributed by atoms with van der Waals surface area (Å²) in [5, 5.41) is 11.1. The maximum Gasteiger partial charge on any atom is 0.0765 e. The molecule has 0 saturated carbocycles. The monoisotopic (exact) mass is 232 g/mol. The number of benzene rings is 1. The number of aliphatic hydroxyl groups is 1. The van der Waals surface area contributed by atoms with E-state index in [1.54, 1.807) is 0 Å². The Balaban J connectivity index is 2.42. The Hall–Kier alpha value is -1.48. The Morgan fingerprint density at radius 2 is 1.94 bits per heavy atom. The molecule has 0 fully saturated rings. The van der Waals surface area contributed by atoms with Gasteiger partial charge in [-0.25, -0.2) is 0 Å². The number of para-hydroxylation sites is 1. The van der Waals surface area contributed by atoms with E-state index in [9.17, 15) is 5.11 Å². The van der Waals surface area contributed by atoms with E-state index in [4.69, 9.17) is 0 Å². The van der Waals surface area contributed by atoms with Gasteiger partial charge >= 0.3 is 0 Å². The van der Waals surface area contributed by atoms with E-state index in [2.05, 4.69) is 27.8 Å². The van der Waals surface area contributed by atoms with Crippen molar-refractivity contribution in [3.8, 4) is 0 Å². The highest BCUT2D eigenvalue weighted by molar-refractivity contribution is 5.93. The highest BCUT2D eigenvalue weighted by Crippen LogP contribution is 2.28. The van der Waals surface area contributed by atoms with Crippen LogP contribution in [0.25, 0.3) is 10.9 Å². The fourth-order valence-electron chi connectivity index (χ4n) is 2.29. The normalized spacial score (nSPS) is 12.1. The fourth-order valence-corrected chi connectivity index (χ4v) is 2.29. The molecular formula is C14H20N2O. The standard InChI is InChI=1S/C14H20N2O/c1-14(2,17)10-16(4)13-9-15(3)12-8-6-5-7-11(12)13/h5-9,17H,10H2,1-4H3. The minimum atomic E-state index is -0.689. The number of nitrogens with zero attached hydrogens (tertiary/aromatic N) is 2. The average molecular weight is 232 g/mol. The van der Waals surface area contributed by atoms with Crippen LogP contribution in [0.5, 0.6) is 0 Å². The van der Waals surface area contributed by atoms with Gasteiger partial charge in [-0.1, -0.05) is 18.2 Å². The molecule has 0 bridgehead atoms. The first kappa shape index (κ1) is 12.0. The molecule has 0 atom stereocenters. The molecule has 1 heterocycles. The van der Waals surface area contributed by atoms with Crippen LogP contribution in [0, 0.1) is 0 Å². The number of fused-ring (bicyclic) bond motifs is 1. The molecule has 2 aromatic rings. The van der Waals surface area contributed by atoms with Crippen LogP contribution >= 0.6 is 0 Å². The lowest BCUT2D eigenvalue weighted by molar-refractivity contribution is 0.0887. The number of rotatable bonds is 3. The van der Waals surface area contributed by atoms with E-state index in [1.165, 1.54) is 10.9 Å². The van der Waals surface area contributed by atoms with Gasteiger partial charge in [0.1, 0.15) is 0 Å². The van der Waals surface area contributed by atoms with Crippen LogP contribution in [0.2, 0.25) is 0 Å². The first-order valence-corrected chi connectivity index (χ1v) is 5.86. The number of hydrogen-bond donors (Lipinski definition) is 1. The Morgan fingerprint density at radius 3 is 2.59 bits per heavy atom. The zero-order valence-electron chi connectivity index (χ0n) is 10.9. The molecule has 3 heteroatoms. The third kappa shape index (κ3) is 2.44. The van der Waals surface area contributed by atoms with Crippen LogP contribution in [0.15, 0.2) is 30.5 Å². The third-order valence-corrected chi connectivity index (χ3v) is 2.91. The SMILES string of the molecule is CN(CC(C)(C)O)c1cn(C)c2ccccc12. The van der Waals surface area contributed by atoms with Gasteiger partial charge in [0.25, 0.3) is 0 Å². The van der Waals surface area contributed by atoms with Crippen LogP contribution < -0.4 is 4.90 Å². The first-order valence-electron chi connectivity index (χ1n) is 5.86. The zero-order valence-corrected chi connectivity index (χ0v) is 10.9. The number of likely N-dealkylation sites (N-methyl/N-ethyl adjacent to an activating group) is 1. The molecule has 0 aliphatic heterocycles. The second-order valence-electron chi connectivity index (χ2n) is 5.31. The summed E-state index contributed by atoms with van der Waals surface area (Å²) in [4.78, 5) is 2.10. The molecule has 0 saturated heterocycles. The van der Waals surface area contributed by atoms with E-state index in [-0.39, 0.29) is 0 Å². The lowest BCUT2D eigenvalue weighted by atomic mass is 10.1. The lowest BCUT2D eigenvalue weighted by Crippen LogP contribution is -2.36. The Bertz CT molecular complexity index is 522. The summed E-state index contributed by atoms with van der Waals surface area (Å²) in [5.41, 5.74) is 1.68. The molecule has 0 amide bonds. The van der Waals surface area contributed by atoms with Gasteiger partial charge in [-0.2, -0.15) is 0 Å². The molecule has 1 aromatic carbocycles. The van der Waals surface area contributed by atoms with Gasteiger partial charge in [0.05, 0.1) is 11.3 Å². The van der Waals surface area contributed by atoms with E-state index in [0.29, 0.717) is 6.54 Å². The van der Waals surface area contributed by atoms with Crippen LogP contribution in [0.3, 0.4) is 0 Å². The molecule has 0 aliphatic rings. The molecule has 0 unspecified atom stereocenters. The highest BCUT2D eigenvalue weighted by Gasteiger charge is 2.18. The molecule has 1 N–H and O–H groups in total. The topological polar surface area (TPSA) is 28.4 Å². The van der Waals surface area contributed by atoms with E-state index < -0.39 is 5.60 Å². The smallest absolute Gasteiger partial charge is 0.0765 e. The van der Waals surface area contributed by atoms with Crippen molar-refractivity contribution in [2.24, 2.45) is 7.05 Å². The minimum absolute atomic E-state index is 0.612. The molecule has 0 radical (unpaired) electrons. The van der Waals surface area contributed by atoms with Gasteiger partial charge in [-0.3, -0.25) is 0 Å². The van der Waals surface area contributed by atoms with Crippen molar-refractivity contribution in [1.29, 1.82) is 0 Å². The van der Waals surface area contributed by atoms with Crippen molar-refractivity contribution < 1.29 is 5.11 Å². The van der Waals surface area contributed by atoms with Gasteiger partial charge in [0.15, 0.2) is 0 Å². The first-order chi connectivity index (χ1) is 7.88. The van der Waals surface area contributed by atoms with Crippen LogP contribution in [0.1, 0.15) is 13.8 Å². The third-order valence-electron chi connectivity index (χ3n) is 2.91. The molecule has 17 heavy (non-hydrogen) atoms. The largest absolute Gasteiger partial charge is 0.389 e. The van der Waals surface area contributed by atoms with Gasteiger partial charge < -0.3 is 14.6 Å². The minimum Gasteiger partial charge on any atom is -0.389 e. The molecule has 3 nitrogen and oxygen atoms in total. The van der Waals surface area contributed by atoms with Gasteiger partial charge in [0.2, 0.25) is 0 Å². The van der Waals surface area contributed by atoms with Crippen molar-refractivity contribution in [1.82, 2.24) is 4.57 Å². The summed E-state index contributed by atoms with van der Waals surface area (Å²) >= 11 is 0. The lowest BCUT2D eigenvalue weighted by Gasteiger charge is -2.26. The number of aromatic nitrogens is 1. The van der Waals surface area contributed by atoms with Crippen LogP contribution in [0.4, 0.5) is 5.69 Å². The van der Waals surface area contributed by atoms with Gasteiger partial charge in [0, 0.05) is 37.7 Å². The summed E-state index contributed by atoms with van der Waals surface area (Å²) in [6, 6.07) is 8.31. The van der Waals surface area contributed by atoms with Crippen LogP contribution in [-0.2, 0) is 7.05 Å². The molecule has 1 aromatic heterocycles. The van der Waals surface area contributed by atoms with Crippen molar-refractivity contribution in [3.63, 3.8) is 0 Å². The maximum atomic E-state index is 9.88. The van der Waals surface area contributed by atoms with Crippen molar-refractivity contribution in [2.45, 2.75) is 19.4 Å². The van der Waals surface area contributed by atoms with Gasteiger partial charge in [-0.15, -0.1) is 0 Å². The summed E-state index contributed by atoms with van der Waals surface area (Å²) in [5.74, 6) is 0. The molecule has 0 spiro atoms. The summed E-state index contributed by atoms with van der Waals surface area (Å²) < 4.78 is 2.12. The van der Waals surface area contributed by atoms with E-state index in [1.807, 2.05) is 40.1 Å². The highest BCUT2D eigenvalue weighted by atomic mass is 16.3. The van der Waals surface area contributed by atoms with E-state index >= 15 is 0 Å². The van der Waals surface area contributed by atoms with Crippen LogP contribution in [-0.4, -0.2) is 28.9 Å². The second-order valence-corrected chi connectivity index (χ2v) is 5.31. The molecule has 0 aliphatic carbocycles. The summed E-state index contributed by atoms with van der Waals surface area (Å²) in [6.45, 7) is 4.27. The Kier molecular flexibility index (Phi) is 2.87. The Morgan fingerprint density at radius 1 is 1.29 bits per heavy atom. The van der Waals surface area contributed by atoms with Crippen molar-refractivity contribution in [2.75, 3.05) is 18.5 Å². The molecule has 2 rings (SSSR count). The predicted molar refractivity (Wildman–Crippen MR) is 72.5 cm³/mol. The number of aryl methyl sites for hydroxylation is 1. The zero-order chi connectivity index (χ0) is 12.6. The average Bonchev–Trinajstić information content (AvgIpc) is 2.55. The second kappa shape index (κ2) is 4.08. The molecule has 92 valence electrons. The quantitative estimate of drug-likeness (QED) is 0.880. The van der Waals surface area contributed by atoms with Crippen molar-refractivity contribution >= 4 is 16.6 Å². The maximum absolute atomic E-state index is 9.88. The van der Waals surface area contributed by atoms with Gasteiger partial charge in [-0.05, 0) is 19.9 Å². The molecular weight excluding hydrogens is 212 g/mol. The predicted octanol–water partition coefficient (Wildman–Crippen LogP) is 2.39. The van der Waals surface area contributed by atoms with Crippen molar-refractivity contribution in [3.05, 3.63) is 30.5 Å². The van der Waals surface area contributed by atoms with E-state index in [0.717, 1.165) is 5.69 Å². The Labute approximate surface area is 102 Å². The number of hydrogen-bond acceptors (Lipinski definition) is 2. The summed E-state index contributed by atoms with van der Waals surface area (Å²) in [7, 11) is 4.06. The number of anilines is 1. The fraction of sp³-hybridized carbons (Fsp3) is 0.429. The summed E-state index contributed by atoms with van der Waals surface area (Å²) in [6.07, 6.45) is 2.11.